The van der Waals surface area contributed by atoms with Gasteiger partial charge in [0.2, 0.25) is 5.91 Å². The molecular weight excluding hydrogens is 284 g/mol. The number of amides is 1. The van der Waals surface area contributed by atoms with Crippen LogP contribution in [0, 0.1) is 0 Å². The Balaban J connectivity index is 1.86. The van der Waals surface area contributed by atoms with Crippen LogP contribution >= 0.6 is 11.6 Å². The van der Waals surface area contributed by atoms with Gasteiger partial charge in [-0.3, -0.25) is 4.79 Å². The molecule has 4 heteroatoms. The molecule has 0 unspecified atom stereocenters. The van der Waals surface area contributed by atoms with Crippen molar-refractivity contribution in [3.63, 3.8) is 0 Å². The summed E-state index contributed by atoms with van der Waals surface area (Å²) in [6, 6.07) is 13.6. The number of anilines is 1. The topological polar surface area (TPSA) is 42.0 Å². The monoisotopic (exact) mass is 300 g/mol. The second-order valence-electron chi connectivity index (χ2n) is 4.84. The van der Waals surface area contributed by atoms with Gasteiger partial charge in [0, 0.05) is 6.08 Å². The Morgan fingerprint density at radius 1 is 1.24 bits per heavy atom. The van der Waals surface area contributed by atoms with Gasteiger partial charge < -0.3 is 5.32 Å². The highest BCUT2D eigenvalue weighted by Crippen LogP contribution is 2.11. The van der Waals surface area contributed by atoms with Crippen molar-refractivity contribution in [3.8, 4) is 0 Å². The number of nitrogens with one attached hydrogen (secondary N) is 1. The van der Waals surface area contributed by atoms with E-state index < -0.39 is 0 Å². The van der Waals surface area contributed by atoms with Crippen molar-refractivity contribution >= 4 is 23.2 Å². The predicted octanol–water partition coefficient (Wildman–Crippen LogP) is 4.25. The summed E-state index contributed by atoms with van der Waals surface area (Å²) in [5, 5.41) is 3.17. The predicted molar refractivity (Wildman–Crippen MR) is 86.4 cm³/mol. The van der Waals surface area contributed by atoms with E-state index in [-0.39, 0.29) is 5.91 Å². The zero-order chi connectivity index (χ0) is 15.1. The third-order valence-corrected chi connectivity index (χ3v) is 3.25. The zero-order valence-corrected chi connectivity index (χ0v) is 12.6. The summed E-state index contributed by atoms with van der Waals surface area (Å²) >= 11 is 5.70. The zero-order valence-electron chi connectivity index (χ0n) is 11.8. The number of pyridine rings is 1. The first kappa shape index (κ1) is 15.3. The number of nitrogens with zero attached hydrogens (tertiary/aromatic N) is 1. The summed E-state index contributed by atoms with van der Waals surface area (Å²) in [6.45, 7) is 1.96. The molecule has 0 fully saturated rings. The van der Waals surface area contributed by atoms with Crippen LogP contribution in [0.15, 0.2) is 60.3 Å². The van der Waals surface area contributed by atoms with Crippen LogP contribution < -0.4 is 5.32 Å². The van der Waals surface area contributed by atoms with Gasteiger partial charge in [-0.2, -0.15) is 0 Å². The molecule has 0 radical (unpaired) electrons. The number of rotatable bonds is 5. The number of hydrogen-bond acceptors (Lipinski definition) is 2. The first-order valence-corrected chi connectivity index (χ1v) is 7.15. The van der Waals surface area contributed by atoms with Crippen LogP contribution in [0.3, 0.4) is 0 Å². The van der Waals surface area contributed by atoms with Crippen molar-refractivity contribution in [1.29, 1.82) is 0 Å². The van der Waals surface area contributed by atoms with E-state index in [1.54, 1.807) is 18.2 Å². The highest BCUT2D eigenvalue weighted by Gasteiger charge is 2.01. The summed E-state index contributed by atoms with van der Waals surface area (Å²) in [5.74, 6) is -0.148. The molecule has 108 valence electrons. The second kappa shape index (κ2) is 7.60. The van der Waals surface area contributed by atoms with E-state index in [9.17, 15) is 4.79 Å². The molecule has 21 heavy (non-hydrogen) atoms. The summed E-state index contributed by atoms with van der Waals surface area (Å²) in [7, 11) is 0. The summed E-state index contributed by atoms with van der Waals surface area (Å²) in [6.07, 6.45) is 4.94. The minimum Gasteiger partial charge on any atom is -0.321 e. The molecule has 0 atom stereocenters. The molecule has 0 aliphatic carbocycles. The highest BCUT2D eigenvalue weighted by atomic mass is 35.5. The van der Waals surface area contributed by atoms with Gasteiger partial charge in [0.1, 0.15) is 5.15 Å². The lowest BCUT2D eigenvalue weighted by molar-refractivity contribution is -0.112. The standard InChI is InChI=1S/C17H17ClN2O/c1-13(7-8-14-5-3-2-4-6-14)11-17(21)20-15-9-10-16(18)19-12-15/h2-6,9-12H,7-8H2,1H3,(H,20,21). The van der Waals surface area contributed by atoms with Crippen LogP contribution in [0.1, 0.15) is 18.9 Å². The van der Waals surface area contributed by atoms with Crippen molar-refractivity contribution in [2.45, 2.75) is 19.8 Å². The van der Waals surface area contributed by atoms with Gasteiger partial charge in [-0.05, 0) is 37.5 Å². The SMILES string of the molecule is CC(=CC(=O)Nc1ccc(Cl)nc1)CCc1ccccc1. The summed E-state index contributed by atoms with van der Waals surface area (Å²) in [4.78, 5) is 15.8. The van der Waals surface area contributed by atoms with E-state index in [1.165, 1.54) is 11.8 Å². The normalized spacial score (nSPS) is 11.2. The van der Waals surface area contributed by atoms with Crippen molar-refractivity contribution in [2.75, 3.05) is 5.32 Å². The van der Waals surface area contributed by atoms with Gasteiger partial charge in [0.05, 0.1) is 11.9 Å². The fraction of sp³-hybridized carbons (Fsp3) is 0.176. The third-order valence-electron chi connectivity index (χ3n) is 3.02. The lowest BCUT2D eigenvalue weighted by atomic mass is 10.1. The first-order chi connectivity index (χ1) is 10.1. The van der Waals surface area contributed by atoms with Crippen LogP contribution in [0.4, 0.5) is 5.69 Å². The van der Waals surface area contributed by atoms with Crippen LogP contribution in [-0.2, 0) is 11.2 Å². The van der Waals surface area contributed by atoms with Crippen molar-refractivity contribution in [1.82, 2.24) is 4.98 Å². The van der Waals surface area contributed by atoms with E-state index in [4.69, 9.17) is 11.6 Å². The van der Waals surface area contributed by atoms with Crippen LogP contribution in [0.2, 0.25) is 5.15 Å². The molecule has 0 spiro atoms. The van der Waals surface area contributed by atoms with Crippen molar-refractivity contribution < 1.29 is 4.79 Å². The smallest absolute Gasteiger partial charge is 0.248 e. The Morgan fingerprint density at radius 2 is 2.00 bits per heavy atom. The number of benzene rings is 1. The molecular formula is C17H17ClN2O. The fourth-order valence-electron chi connectivity index (χ4n) is 1.91. The molecule has 1 aromatic heterocycles. The first-order valence-electron chi connectivity index (χ1n) is 6.77. The molecule has 1 amide bonds. The molecule has 1 heterocycles. The van der Waals surface area contributed by atoms with E-state index in [2.05, 4.69) is 22.4 Å². The second-order valence-corrected chi connectivity index (χ2v) is 5.22. The number of aromatic nitrogens is 1. The average molecular weight is 301 g/mol. The Labute approximate surface area is 129 Å². The van der Waals surface area contributed by atoms with E-state index >= 15 is 0 Å². The third kappa shape index (κ3) is 5.40. The number of carbonyl (C=O) groups is 1. The largest absolute Gasteiger partial charge is 0.321 e. The van der Waals surface area contributed by atoms with Crippen molar-refractivity contribution in [2.24, 2.45) is 0 Å². The lowest BCUT2D eigenvalue weighted by Crippen LogP contribution is -2.09. The maximum absolute atomic E-state index is 11.9. The molecule has 2 aromatic rings. The molecule has 3 nitrogen and oxygen atoms in total. The Morgan fingerprint density at radius 3 is 2.67 bits per heavy atom. The van der Waals surface area contributed by atoms with Gasteiger partial charge in [-0.15, -0.1) is 0 Å². The Kier molecular flexibility index (Phi) is 5.52. The van der Waals surface area contributed by atoms with E-state index in [0.717, 1.165) is 18.4 Å². The summed E-state index contributed by atoms with van der Waals surface area (Å²) in [5.41, 5.74) is 2.95. The van der Waals surface area contributed by atoms with Crippen LogP contribution in [-0.4, -0.2) is 10.9 Å². The minimum absolute atomic E-state index is 0.148. The molecule has 0 saturated heterocycles. The number of aryl methyl sites for hydroxylation is 1. The number of hydrogen-bond donors (Lipinski definition) is 1. The van der Waals surface area contributed by atoms with Gasteiger partial charge in [0.25, 0.3) is 0 Å². The lowest BCUT2D eigenvalue weighted by Gasteiger charge is -2.04. The van der Waals surface area contributed by atoms with E-state index in [1.807, 2.05) is 25.1 Å². The summed E-state index contributed by atoms with van der Waals surface area (Å²) < 4.78 is 0. The molecule has 0 bridgehead atoms. The average Bonchev–Trinajstić information content (AvgIpc) is 2.48. The molecule has 1 N–H and O–H groups in total. The van der Waals surface area contributed by atoms with E-state index in [0.29, 0.717) is 10.8 Å². The molecule has 0 aliphatic rings. The van der Waals surface area contributed by atoms with Crippen molar-refractivity contribution in [3.05, 3.63) is 71.0 Å². The van der Waals surface area contributed by atoms with Crippen LogP contribution in [0.25, 0.3) is 0 Å². The number of allylic oxidation sites excluding steroid dienone is 1. The Bertz CT molecular complexity index is 621. The van der Waals surface area contributed by atoms with Gasteiger partial charge >= 0.3 is 0 Å². The van der Waals surface area contributed by atoms with Crippen LogP contribution in [0.5, 0.6) is 0 Å². The van der Waals surface area contributed by atoms with Gasteiger partial charge in [-0.1, -0.05) is 47.5 Å². The highest BCUT2D eigenvalue weighted by molar-refractivity contribution is 6.29. The molecule has 0 aliphatic heterocycles. The van der Waals surface area contributed by atoms with Gasteiger partial charge in [0.15, 0.2) is 0 Å². The molecule has 2 rings (SSSR count). The number of halogens is 1. The number of carbonyl (C=O) groups excluding carboxylic acids is 1. The van der Waals surface area contributed by atoms with Gasteiger partial charge in [-0.25, -0.2) is 4.98 Å². The fourth-order valence-corrected chi connectivity index (χ4v) is 2.02. The quantitative estimate of drug-likeness (QED) is 0.662. The molecule has 1 aromatic carbocycles. The maximum Gasteiger partial charge on any atom is 0.248 e. The minimum atomic E-state index is -0.148. The molecule has 0 saturated carbocycles. The maximum atomic E-state index is 11.9. The Hall–Kier alpha value is -2.13.